The molecule has 0 bridgehead atoms. The second-order valence-corrected chi connectivity index (χ2v) is 3.99. The predicted octanol–water partition coefficient (Wildman–Crippen LogP) is 2.55. The second-order valence-electron chi connectivity index (χ2n) is 3.61. The summed E-state index contributed by atoms with van der Waals surface area (Å²) < 4.78 is 0. The van der Waals surface area contributed by atoms with Crippen molar-refractivity contribution in [1.82, 2.24) is 0 Å². The van der Waals surface area contributed by atoms with Gasteiger partial charge in [0.05, 0.1) is 10.6 Å². The molecular weight excluding hydrogens is 196 g/mol. The Kier molecular flexibility index (Phi) is 2.45. The van der Waals surface area contributed by atoms with Gasteiger partial charge in [-0.25, -0.2) is 0 Å². The number of fused-ring (bicyclic) bond motifs is 1. The van der Waals surface area contributed by atoms with Crippen LogP contribution in [0.1, 0.15) is 35.6 Å². The van der Waals surface area contributed by atoms with E-state index in [9.17, 15) is 0 Å². The molecule has 0 spiro atoms. The van der Waals surface area contributed by atoms with Crippen LogP contribution in [0, 0.1) is 11.3 Å². The van der Waals surface area contributed by atoms with Crippen molar-refractivity contribution in [1.29, 1.82) is 5.26 Å². The molecule has 0 aromatic heterocycles. The van der Waals surface area contributed by atoms with E-state index in [1.54, 1.807) is 6.07 Å². The second kappa shape index (κ2) is 3.61. The molecule has 0 saturated heterocycles. The van der Waals surface area contributed by atoms with Crippen molar-refractivity contribution in [3.8, 4) is 6.07 Å². The third-order valence-corrected chi connectivity index (χ3v) is 3.13. The van der Waals surface area contributed by atoms with Gasteiger partial charge in [0.15, 0.2) is 0 Å². The molecule has 2 rings (SSSR count). The number of aryl methyl sites for hydroxylation is 1. The normalized spacial score (nSPS) is 19.9. The van der Waals surface area contributed by atoms with Crippen molar-refractivity contribution in [2.24, 2.45) is 5.73 Å². The molecule has 0 heterocycles. The van der Waals surface area contributed by atoms with Crippen LogP contribution >= 0.6 is 11.6 Å². The highest BCUT2D eigenvalue weighted by Crippen LogP contribution is 2.35. The first kappa shape index (κ1) is 9.51. The molecule has 1 aromatic rings. The van der Waals surface area contributed by atoms with Crippen molar-refractivity contribution in [2.75, 3.05) is 0 Å². The first-order valence-corrected chi connectivity index (χ1v) is 5.09. The molecule has 2 nitrogen and oxygen atoms in total. The number of hydrogen-bond donors (Lipinski definition) is 1. The Morgan fingerprint density at radius 3 is 3.00 bits per heavy atom. The van der Waals surface area contributed by atoms with Crippen molar-refractivity contribution in [3.05, 3.63) is 33.8 Å². The molecule has 0 radical (unpaired) electrons. The summed E-state index contributed by atoms with van der Waals surface area (Å²) in [4.78, 5) is 0. The summed E-state index contributed by atoms with van der Waals surface area (Å²) >= 11 is 6.12. The topological polar surface area (TPSA) is 49.8 Å². The molecule has 0 saturated carbocycles. The zero-order valence-corrected chi connectivity index (χ0v) is 8.51. The monoisotopic (exact) mass is 206 g/mol. The lowest BCUT2D eigenvalue weighted by molar-refractivity contribution is 0.570. The highest BCUT2D eigenvalue weighted by atomic mass is 35.5. The van der Waals surface area contributed by atoms with Gasteiger partial charge in [0.25, 0.3) is 0 Å². The number of rotatable bonds is 0. The van der Waals surface area contributed by atoms with Gasteiger partial charge in [-0.2, -0.15) is 5.26 Å². The van der Waals surface area contributed by atoms with E-state index in [0.717, 1.165) is 24.8 Å². The van der Waals surface area contributed by atoms with Crippen LogP contribution in [0.2, 0.25) is 5.02 Å². The molecule has 1 aromatic carbocycles. The average molecular weight is 207 g/mol. The van der Waals surface area contributed by atoms with Crippen LogP contribution in [0.4, 0.5) is 0 Å². The fourth-order valence-corrected chi connectivity index (χ4v) is 2.36. The quantitative estimate of drug-likeness (QED) is 0.709. The molecule has 2 N–H and O–H groups in total. The Morgan fingerprint density at radius 2 is 2.29 bits per heavy atom. The Bertz CT molecular complexity index is 406. The maximum Gasteiger partial charge on any atom is 0.101 e. The minimum absolute atomic E-state index is 0.000417. The SMILES string of the molecule is N#Cc1ccc2c(c1Cl)C(N)CCC2. The fourth-order valence-electron chi connectivity index (χ4n) is 1.99. The van der Waals surface area contributed by atoms with E-state index in [4.69, 9.17) is 22.6 Å². The summed E-state index contributed by atoms with van der Waals surface area (Å²) in [5.41, 5.74) is 8.69. The number of nitrogens with zero attached hydrogens (tertiary/aromatic N) is 1. The molecular formula is C11H11ClN2. The van der Waals surface area contributed by atoms with Gasteiger partial charge >= 0.3 is 0 Å². The van der Waals surface area contributed by atoms with Crippen LogP contribution in [-0.4, -0.2) is 0 Å². The van der Waals surface area contributed by atoms with Gasteiger partial charge in [0.2, 0.25) is 0 Å². The summed E-state index contributed by atoms with van der Waals surface area (Å²) in [5.74, 6) is 0. The summed E-state index contributed by atoms with van der Waals surface area (Å²) in [7, 11) is 0. The van der Waals surface area contributed by atoms with E-state index in [1.807, 2.05) is 6.07 Å². The zero-order chi connectivity index (χ0) is 10.1. The molecule has 1 atom stereocenters. The van der Waals surface area contributed by atoms with Gasteiger partial charge < -0.3 is 5.73 Å². The minimum atomic E-state index is -0.000417. The lowest BCUT2D eigenvalue weighted by Crippen LogP contribution is -2.18. The molecule has 3 heteroatoms. The lowest BCUT2D eigenvalue weighted by Gasteiger charge is -2.23. The zero-order valence-electron chi connectivity index (χ0n) is 7.76. The molecule has 1 aliphatic rings. The first-order valence-electron chi connectivity index (χ1n) is 4.71. The largest absolute Gasteiger partial charge is 0.324 e. The Labute approximate surface area is 88.3 Å². The molecule has 72 valence electrons. The third kappa shape index (κ3) is 1.39. The van der Waals surface area contributed by atoms with Crippen LogP contribution in [0.15, 0.2) is 12.1 Å². The van der Waals surface area contributed by atoms with Gasteiger partial charge in [0, 0.05) is 6.04 Å². The molecule has 0 amide bonds. The Balaban J connectivity index is 2.61. The maximum atomic E-state index is 8.83. The van der Waals surface area contributed by atoms with Gasteiger partial charge in [-0.05, 0) is 36.5 Å². The molecule has 1 unspecified atom stereocenters. The number of benzene rings is 1. The summed E-state index contributed by atoms with van der Waals surface area (Å²) in [6.07, 6.45) is 3.09. The van der Waals surface area contributed by atoms with E-state index >= 15 is 0 Å². The fraction of sp³-hybridized carbons (Fsp3) is 0.364. The highest BCUT2D eigenvalue weighted by Gasteiger charge is 2.21. The number of hydrogen-bond acceptors (Lipinski definition) is 2. The molecule has 14 heavy (non-hydrogen) atoms. The van der Waals surface area contributed by atoms with Gasteiger partial charge in [0.1, 0.15) is 6.07 Å². The third-order valence-electron chi connectivity index (χ3n) is 2.72. The number of nitrogens with two attached hydrogens (primary N) is 1. The summed E-state index contributed by atoms with van der Waals surface area (Å²) in [6, 6.07) is 5.83. The van der Waals surface area contributed by atoms with E-state index < -0.39 is 0 Å². The predicted molar refractivity (Wildman–Crippen MR) is 56.0 cm³/mol. The van der Waals surface area contributed by atoms with Crippen molar-refractivity contribution < 1.29 is 0 Å². The molecule has 1 aliphatic carbocycles. The van der Waals surface area contributed by atoms with E-state index in [1.165, 1.54) is 5.56 Å². The van der Waals surface area contributed by atoms with Gasteiger partial charge in [-0.1, -0.05) is 17.7 Å². The van der Waals surface area contributed by atoms with Crippen LogP contribution in [0.25, 0.3) is 0 Å². The van der Waals surface area contributed by atoms with Gasteiger partial charge in [-0.15, -0.1) is 0 Å². The average Bonchev–Trinajstić information content (AvgIpc) is 2.18. The van der Waals surface area contributed by atoms with Crippen molar-refractivity contribution in [2.45, 2.75) is 25.3 Å². The smallest absolute Gasteiger partial charge is 0.101 e. The highest BCUT2D eigenvalue weighted by molar-refractivity contribution is 6.32. The minimum Gasteiger partial charge on any atom is -0.324 e. The Morgan fingerprint density at radius 1 is 1.50 bits per heavy atom. The Hall–Kier alpha value is -1.04. The summed E-state index contributed by atoms with van der Waals surface area (Å²) in [5, 5.41) is 9.38. The molecule has 0 aliphatic heterocycles. The van der Waals surface area contributed by atoms with E-state index in [-0.39, 0.29) is 6.04 Å². The van der Waals surface area contributed by atoms with Crippen LogP contribution in [-0.2, 0) is 6.42 Å². The summed E-state index contributed by atoms with van der Waals surface area (Å²) in [6.45, 7) is 0. The van der Waals surface area contributed by atoms with E-state index in [2.05, 4.69) is 6.07 Å². The van der Waals surface area contributed by atoms with Gasteiger partial charge in [-0.3, -0.25) is 0 Å². The lowest BCUT2D eigenvalue weighted by atomic mass is 9.87. The van der Waals surface area contributed by atoms with Crippen molar-refractivity contribution in [3.63, 3.8) is 0 Å². The van der Waals surface area contributed by atoms with Crippen LogP contribution < -0.4 is 5.73 Å². The molecule has 0 fully saturated rings. The maximum absolute atomic E-state index is 8.83. The van der Waals surface area contributed by atoms with Crippen LogP contribution in [0.3, 0.4) is 0 Å². The van der Waals surface area contributed by atoms with E-state index in [0.29, 0.717) is 10.6 Å². The standard InChI is InChI=1S/C11H11ClN2/c12-11-8(6-13)5-4-7-2-1-3-9(14)10(7)11/h4-5,9H,1-3,14H2. The first-order chi connectivity index (χ1) is 6.74. The number of nitriles is 1. The van der Waals surface area contributed by atoms with Crippen molar-refractivity contribution >= 4 is 11.6 Å². The number of halogens is 1. The van der Waals surface area contributed by atoms with Crippen LogP contribution in [0.5, 0.6) is 0 Å².